The maximum Gasteiger partial charge on any atom is 0.170 e. The van der Waals surface area contributed by atoms with Gasteiger partial charge >= 0.3 is 0 Å². The molecule has 0 saturated heterocycles. The third-order valence-corrected chi connectivity index (χ3v) is 3.35. The van der Waals surface area contributed by atoms with Crippen molar-refractivity contribution < 1.29 is 14.0 Å². The van der Waals surface area contributed by atoms with Crippen molar-refractivity contribution in [3.05, 3.63) is 29.3 Å². The van der Waals surface area contributed by atoms with Gasteiger partial charge in [-0.25, -0.2) is 8.78 Å². The molecule has 3 N–H and O–H groups in total. The first-order valence-electron chi connectivity index (χ1n) is 5.99. The largest absolute Gasteiger partial charge is 0.409 e. The van der Waals surface area contributed by atoms with E-state index < -0.39 is 11.6 Å². The van der Waals surface area contributed by atoms with Gasteiger partial charge in [0, 0.05) is 18.7 Å². The average molecular weight is 271 g/mol. The molecule has 1 aromatic carbocycles. The highest BCUT2D eigenvalue weighted by Crippen LogP contribution is 2.27. The molecule has 19 heavy (non-hydrogen) atoms. The number of oxime groups is 1. The molecule has 0 saturated carbocycles. The first kappa shape index (κ1) is 15.2. The Labute approximate surface area is 111 Å². The Bertz CT molecular complexity index is 466. The van der Waals surface area contributed by atoms with Crippen LogP contribution in [0, 0.1) is 17.6 Å². The highest BCUT2D eigenvalue weighted by molar-refractivity contribution is 5.97. The number of anilines is 1. The van der Waals surface area contributed by atoms with Crippen molar-refractivity contribution in [3.63, 3.8) is 0 Å². The van der Waals surface area contributed by atoms with Crippen LogP contribution in [-0.4, -0.2) is 24.1 Å². The maximum absolute atomic E-state index is 14.0. The SMILES string of the molecule is CC(C)C(C)N(C)c1c(F)cc(C(N)=NO)cc1F. The maximum atomic E-state index is 14.0. The molecule has 0 radical (unpaired) electrons. The topological polar surface area (TPSA) is 61.8 Å². The lowest BCUT2D eigenvalue weighted by atomic mass is 10.0. The first-order chi connectivity index (χ1) is 8.79. The zero-order chi connectivity index (χ0) is 14.7. The van der Waals surface area contributed by atoms with Crippen LogP contribution in [0.25, 0.3) is 0 Å². The minimum Gasteiger partial charge on any atom is -0.409 e. The molecule has 1 unspecified atom stereocenters. The molecular formula is C13H19F2N3O. The summed E-state index contributed by atoms with van der Waals surface area (Å²) in [6, 6.07) is 2.08. The molecule has 0 bridgehead atoms. The summed E-state index contributed by atoms with van der Waals surface area (Å²) in [6.45, 7) is 5.84. The molecule has 0 aliphatic heterocycles. The average Bonchev–Trinajstić information content (AvgIpc) is 2.35. The van der Waals surface area contributed by atoms with Gasteiger partial charge in [-0.05, 0) is 25.0 Å². The molecular weight excluding hydrogens is 252 g/mol. The minimum absolute atomic E-state index is 0.00634. The van der Waals surface area contributed by atoms with Gasteiger partial charge in [-0.15, -0.1) is 0 Å². The first-order valence-corrected chi connectivity index (χ1v) is 5.99. The standard InChI is InChI=1S/C13H19F2N3O/c1-7(2)8(3)18(4)12-10(14)5-9(6-11(12)15)13(16)17-19/h5-8,19H,1-4H3,(H2,16,17). The molecule has 106 valence electrons. The summed E-state index contributed by atoms with van der Waals surface area (Å²) in [6.07, 6.45) is 0. The van der Waals surface area contributed by atoms with Crippen molar-refractivity contribution in [2.45, 2.75) is 26.8 Å². The molecule has 0 spiro atoms. The van der Waals surface area contributed by atoms with Crippen LogP contribution in [0.2, 0.25) is 0 Å². The number of benzene rings is 1. The van der Waals surface area contributed by atoms with Gasteiger partial charge in [-0.2, -0.15) is 0 Å². The lowest BCUT2D eigenvalue weighted by molar-refractivity contribution is 0.318. The van der Waals surface area contributed by atoms with E-state index in [1.54, 1.807) is 11.9 Å². The third-order valence-electron chi connectivity index (χ3n) is 3.35. The van der Waals surface area contributed by atoms with Gasteiger partial charge in [0.15, 0.2) is 5.84 Å². The van der Waals surface area contributed by atoms with Crippen LogP contribution in [0.4, 0.5) is 14.5 Å². The van der Waals surface area contributed by atoms with Crippen molar-refractivity contribution in [2.75, 3.05) is 11.9 Å². The Kier molecular flexibility index (Phi) is 4.69. The number of amidine groups is 1. The van der Waals surface area contributed by atoms with E-state index in [0.717, 1.165) is 12.1 Å². The molecule has 0 fully saturated rings. The van der Waals surface area contributed by atoms with Crippen LogP contribution in [0.3, 0.4) is 0 Å². The van der Waals surface area contributed by atoms with Gasteiger partial charge in [-0.1, -0.05) is 19.0 Å². The van der Waals surface area contributed by atoms with E-state index in [4.69, 9.17) is 10.9 Å². The van der Waals surface area contributed by atoms with E-state index in [1.807, 2.05) is 20.8 Å². The zero-order valence-electron chi connectivity index (χ0n) is 11.5. The number of nitrogens with two attached hydrogens (primary N) is 1. The fraction of sp³-hybridized carbons (Fsp3) is 0.462. The van der Waals surface area contributed by atoms with Gasteiger partial charge in [0.1, 0.15) is 17.3 Å². The quantitative estimate of drug-likeness (QED) is 0.383. The number of rotatable bonds is 4. The molecule has 1 atom stereocenters. The Morgan fingerprint density at radius 2 is 1.74 bits per heavy atom. The Balaban J connectivity index is 3.24. The van der Waals surface area contributed by atoms with E-state index in [2.05, 4.69) is 5.16 Å². The predicted molar refractivity (Wildman–Crippen MR) is 71.6 cm³/mol. The second-order valence-corrected chi connectivity index (χ2v) is 4.87. The molecule has 0 amide bonds. The smallest absolute Gasteiger partial charge is 0.170 e. The molecule has 1 aromatic rings. The predicted octanol–water partition coefficient (Wildman–Crippen LogP) is 2.54. The summed E-state index contributed by atoms with van der Waals surface area (Å²) < 4.78 is 28.0. The summed E-state index contributed by atoms with van der Waals surface area (Å²) in [5, 5.41) is 11.2. The van der Waals surface area contributed by atoms with Crippen molar-refractivity contribution in [3.8, 4) is 0 Å². The summed E-state index contributed by atoms with van der Waals surface area (Å²) in [5.74, 6) is -1.57. The molecule has 1 rings (SSSR count). The number of halogens is 2. The van der Waals surface area contributed by atoms with E-state index in [9.17, 15) is 8.78 Å². The number of hydrogen-bond donors (Lipinski definition) is 2. The fourth-order valence-electron chi connectivity index (χ4n) is 1.76. The highest BCUT2D eigenvalue weighted by atomic mass is 19.1. The van der Waals surface area contributed by atoms with E-state index in [-0.39, 0.29) is 29.0 Å². The molecule has 0 aromatic heterocycles. The Hall–Kier alpha value is -1.85. The van der Waals surface area contributed by atoms with Crippen molar-refractivity contribution in [1.82, 2.24) is 0 Å². The minimum atomic E-state index is -0.739. The summed E-state index contributed by atoms with van der Waals surface area (Å²) in [4.78, 5) is 1.55. The van der Waals surface area contributed by atoms with E-state index in [0.29, 0.717) is 0 Å². The van der Waals surface area contributed by atoms with Crippen LogP contribution in [0.5, 0.6) is 0 Å². The van der Waals surface area contributed by atoms with Crippen LogP contribution >= 0.6 is 0 Å². The van der Waals surface area contributed by atoms with Crippen molar-refractivity contribution in [1.29, 1.82) is 0 Å². The van der Waals surface area contributed by atoms with Gasteiger partial charge in [0.25, 0.3) is 0 Å². The second kappa shape index (κ2) is 5.86. The lowest BCUT2D eigenvalue weighted by Gasteiger charge is -2.30. The number of nitrogens with zero attached hydrogens (tertiary/aromatic N) is 2. The molecule has 0 aliphatic rings. The lowest BCUT2D eigenvalue weighted by Crippen LogP contribution is -2.34. The fourth-order valence-corrected chi connectivity index (χ4v) is 1.76. The Morgan fingerprint density at radius 1 is 1.26 bits per heavy atom. The highest BCUT2D eigenvalue weighted by Gasteiger charge is 2.21. The molecule has 4 nitrogen and oxygen atoms in total. The number of hydrogen-bond acceptors (Lipinski definition) is 3. The normalized spacial score (nSPS) is 13.7. The third kappa shape index (κ3) is 3.13. The van der Waals surface area contributed by atoms with E-state index in [1.165, 1.54) is 0 Å². The molecule has 6 heteroatoms. The summed E-state index contributed by atoms with van der Waals surface area (Å²) in [7, 11) is 1.63. The van der Waals surface area contributed by atoms with Crippen molar-refractivity contribution >= 4 is 11.5 Å². The summed E-state index contributed by atoms with van der Waals surface area (Å²) in [5.41, 5.74) is 5.21. The molecule has 0 aliphatic carbocycles. The zero-order valence-corrected chi connectivity index (χ0v) is 11.5. The molecule has 0 heterocycles. The van der Waals surface area contributed by atoms with Crippen LogP contribution < -0.4 is 10.6 Å². The van der Waals surface area contributed by atoms with Crippen LogP contribution in [0.1, 0.15) is 26.3 Å². The Morgan fingerprint density at radius 3 is 2.11 bits per heavy atom. The van der Waals surface area contributed by atoms with Crippen LogP contribution in [0.15, 0.2) is 17.3 Å². The van der Waals surface area contributed by atoms with E-state index >= 15 is 0 Å². The van der Waals surface area contributed by atoms with Gasteiger partial charge in [0.2, 0.25) is 0 Å². The van der Waals surface area contributed by atoms with Gasteiger partial charge in [0.05, 0.1) is 0 Å². The monoisotopic (exact) mass is 271 g/mol. The second-order valence-electron chi connectivity index (χ2n) is 4.87. The van der Waals surface area contributed by atoms with Crippen molar-refractivity contribution in [2.24, 2.45) is 16.8 Å². The van der Waals surface area contributed by atoms with Crippen LogP contribution in [-0.2, 0) is 0 Å². The van der Waals surface area contributed by atoms with Gasteiger partial charge in [-0.3, -0.25) is 0 Å². The summed E-state index contributed by atoms with van der Waals surface area (Å²) >= 11 is 0. The van der Waals surface area contributed by atoms with Gasteiger partial charge < -0.3 is 15.8 Å².